The summed E-state index contributed by atoms with van der Waals surface area (Å²) in [7, 11) is -1.75. The van der Waals surface area contributed by atoms with Crippen LogP contribution < -0.4 is 21.1 Å². The van der Waals surface area contributed by atoms with E-state index in [2.05, 4.69) is 30.9 Å². The standard InChI is InChI=1S/C22H25N9O5S/c1-24-18(32)17-14(7-15(27-28-17)22(19(23)33)11-21(22)5-6-21)25-20-26-16-4-3-12(10-31(16)29-20)36-13-8-30(9-13)37(2,34)35/h3-4,7,10,13H,5-6,8-9,11H2,1-2H3,(H2,23,33)(H,24,32)(H,25,27,29)/t22-/m1/s1. The lowest BCUT2D eigenvalue weighted by atomic mass is 9.96. The van der Waals surface area contributed by atoms with E-state index in [1.807, 2.05) is 0 Å². The molecule has 4 N–H and O–H groups in total. The van der Waals surface area contributed by atoms with Crippen molar-refractivity contribution < 1.29 is 22.7 Å². The van der Waals surface area contributed by atoms with E-state index in [9.17, 15) is 18.0 Å². The molecule has 1 spiro atoms. The molecule has 1 saturated heterocycles. The fourth-order valence-corrected chi connectivity index (χ4v) is 5.96. The smallest absolute Gasteiger partial charge is 0.273 e. The third-order valence-electron chi connectivity index (χ3n) is 7.47. The Morgan fingerprint density at radius 1 is 1.22 bits per heavy atom. The van der Waals surface area contributed by atoms with Crippen LogP contribution in [0.2, 0.25) is 0 Å². The number of fused-ring (bicyclic) bond motifs is 1. The summed E-state index contributed by atoms with van der Waals surface area (Å²) in [6.45, 7) is 0.573. The molecule has 4 heterocycles. The first-order valence-electron chi connectivity index (χ1n) is 11.7. The van der Waals surface area contributed by atoms with Crippen LogP contribution in [0.5, 0.6) is 5.75 Å². The number of amides is 2. The van der Waals surface area contributed by atoms with Gasteiger partial charge in [-0.1, -0.05) is 0 Å². The number of primary amides is 1. The van der Waals surface area contributed by atoms with E-state index in [0.717, 1.165) is 12.8 Å². The first-order valence-corrected chi connectivity index (χ1v) is 13.5. The van der Waals surface area contributed by atoms with Crippen LogP contribution in [0.25, 0.3) is 5.65 Å². The first-order chi connectivity index (χ1) is 17.5. The van der Waals surface area contributed by atoms with Gasteiger partial charge in [-0.2, -0.15) is 14.4 Å². The van der Waals surface area contributed by atoms with Crippen LogP contribution in [0.1, 0.15) is 35.4 Å². The SMILES string of the molecule is CNC(=O)c1nnc([C@@]2(C(N)=O)CC23CC3)cc1Nc1nc2ccc(OC3CN(S(C)(=O)=O)C3)cn2n1. The van der Waals surface area contributed by atoms with Gasteiger partial charge in [0.25, 0.3) is 5.91 Å². The predicted octanol–water partition coefficient (Wildman–Crippen LogP) is -0.448. The Morgan fingerprint density at radius 2 is 1.97 bits per heavy atom. The zero-order chi connectivity index (χ0) is 26.2. The number of sulfonamides is 1. The number of carbonyl (C=O) groups is 2. The first kappa shape index (κ1) is 23.5. The lowest BCUT2D eigenvalue weighted by molar-refractivity contribution is -0.121. The quantitative estimate of drug-likeness (QED) is 0.346. The summed E-state index contributed by atoms with van der Waals surface area (Å²) in [6, 6.07) is 5.05. The van der Waals surface area contributed by atoms with Gasteiger partial charge in [0.05, 0.1) is 42.3 Å². The fourth-order valence-electron chi connectivity index (χ4n) is 5.08. The Kier molecular flexibility index (Phi) is 4.98. The Morgan fingerprint density at radius 3 is 2.59 bits per heavy atom. The van der Waals surface area contributed by atoms with E-state index in [1.54, 1.807) is 24.4 Å². The van der Waals surface area contributed by atoms with Crippen molar-refractivity contribution in [3.05, 3.63) is 35.8 Å². The van der Waals surface area contributed by atoms with E-state index >= 15 is 0 Å². The Bertz CT molecular complexity index is 1560. The summed E-state index contributed by atoms with van der Waals surface area (Å²) in [5.41, 5.74) is 6.02. The van der Waals surface area contributed by atoms with Gasteiger partial charge in [0.15, 0.2) is 11.3 Å². The molecular weight excluding hydrogens is 502 g/mol. The monoisotopic (exact) mass is 527 g/mol. The average Bonchev–Trinajstić information content (AvgIpc) is 3.70. The van der Waals surface area contributed by atoms with Crippen molar-refractivity contribution in [1.29, 1.82) is 0 Å². The van der Waals surface area contributed by atoms with Crippen molar-refractivity contribution in [3.63, 3.8) is 0 Å². The van der Waals surface area contributed by atoms with Crippen molar-refractivity contribution in [2.24, 2.45) is 11.1 Å². The second-order valence-electron chi connectivity index (χ2n) is 9.85. The molecule has 3 aromatic rings. The van der Waals surface area contributed by atoms with Crippen LogP contribution in [0.15, 0.2) is 24.4 Å². The van der Waals surface area contributed by atoms with Crippen molar-refractivity contribution in [1.82, 2.24) is 34.4 Å². The molecular formula is C22H25N9O5S. The van der Waals surface area contributed by atoms with Gasteiger partial charge >= 0.3 is 0 Å². The molecule has 3 aliphatic rings. The highest BCUT2D eigenvalue weighted by atomic mass is 32.2. The summed E-state index contributed by atoms with van der Waals surface area (Å²) in [6.07, 6.45) is 4.99. The normalized spacial score (nSPS) is 22.4. The number of carbonyl (C=O) groups excluding carboxylic acids is 2. The average molecular weight is 528 g/mol. The summed E-state index contributed by atoms with van der Waals surface area (Å²) in [5.74, 6) is -0.205. The van der Waals surface area contributed by atoms with Crippen LogP contribution >= 0.6 is 0 Å². The third-order valence-corrected chi connectivity index (χ3v) is 8.70. The minimum Gasteiger partial charge on any atom is -0.486 e. The molecule has 1 aliphatic heterocycles. The summed E-state index contributed by atoms with van der Waals surface area (Å²) in [5, 5.41) is 18.3. The van der Waals surface area contributed by atoms with Crippen molar-refractivity contribution in [2.45, 2.75) is 30.8 Å². The van der Waals surface area contributed by atoms with Crippen molar-refractivity contribution in [2.75, 3.05) is 31.7 Å². The highest BCUT2D eigenvalue weighted by Gasteiger charge is 2.78. The van der Waals surface area contributed by atoms with Gasteiger partial charge in [0, 0.05) is 7.05 Å². The molecule has 2 aliphatic carbocycles. The van der Waals surface area contributed by atoms with Crippen LogP contribution in [0.3, 0.4) is 0 Å². The topological polar surface area (TPSA) is 187 Å². The molecule has 14 nitrogen and oxygen atoms in total. The number of nitrogens with two attached hydrogens (primary N) is 1. The lowest BCUT2D eigenvalue weighted by Crippen LogP contribution is -2.55. The van der Waals surface area contributed by atoms with E-state index < -0.39 is 27.3 Å². The third kappa shape index (κ3) is 3.76. The number of ether oxygens (including phenoxy) is 1. The van der Waals surface area contributed by atoms with Crippen LogP contribution in [0, 0.1) is 5.41 Å². The fraction of sp³-hybridized carbons (Fsp3) is 0.455. The maximum absolute atomic E-state index is 12.5. The zero-order valence-electron chi connectivity index (χ0n) is 20.1. The second kappa shape index (κ2) is 7.82. The molecule has 37 heavy (non-hydrogen) atoms. The number of nitrogens with one attached hydrogen (secondary N) is 2. The largest absolute Gasteiger partial charge is 0.486 e. The Balaban J connectivity index is 1.26. The molecule has 6 rings (SSSR count). The molecule has 3 fully saturated rings. The number of hydrogen-bond acceptors (Lipinski definition) is 10. The molecule has 0 bridgehead atoms. The van der Waals surface area contributed by atoms with Gasteiger partial charge < -0.3 is 21.1 Å². The maximum atomic E-state index is 12.5. The van der Waals surface area contributed by atoms with Gasteiger partial charge in [-0.15, -0.1) is 10.2 Å². The molecule has 194 valence electrons. The molecule has 1 atom stereocenters. The highest BCUT2D eigenvalue weighted by molar-refractivity contribution is 7.88. The molecule has 3 aromatic heterocycles. The van der Waals surface area contributed by atoms with E-state index in [-0.39, 0.29) is 36.3 Å². The van der Waals surface area contributed by atoms with Gasteiger partial charge in [-0.05, 0) is 42.9 Å². The van der Waals surface area contributed by atoms with Crippen molar-refractivity contribution >= 4 is 39.1 Å². The van der Waals surface area contributed by atoms with Gasteiger partial charge in [-0.3, -0.25) is 9.59 Å². The number of rotatable bonds is 8. The zero-order valence-corrected chi connectivity index (χ0v) is 20.9. The molecule has 2 saturated carbocycles. The molecule has 0 radical (unpaired) electrons. The van der Waals surface area contributed by atoms with Crippen LogP contribution in [0.4, 0.5) is 11.6 Å². The minimum absolute atomic E-state index is 0.0275. The van der Waals surface area contributed by atoms with Crippen LogP contribution in [-0.4, -0.2) is 81.8 Å². The predicted molar refractivity (Wildman–Crippen MR) is 130 cm³/mol. The molecule has 15 heteroatoms. The second-order valence-corrected chi connectivity index (χ2v) is 11.8. The summed E-state index contributed by atoms with van der Waals surface area (Å²) >= 11 is 0. The number of pyridine rings is 1. The van der Waals surface area contributed by atoms with Crippen LogP contribution in [-0.2, 0) is 20.2 Å². The number of aromatic nitrogens is 5. The number of anilines is 2. The molecule has 2 amide bonds. The maximum Gasteiger partial charge on any atom is 0.273 e. The van der Waals surface area contributed by atoms with Crippen molar-refractivity contribution in [3.8, 4) is 5.75 Å². The summed E-state index contributed by atoms with van der Waals surface area (Å²) in [4.78, 5) is 29.3. The number of hydrogen-bond donors (Lipinski definition) is 3. The Labute approximate surface area is 211 Å². The van der Waals surface area contributed by atoms with E-state index in [1.165, 1.54) is 22.1 Å². The van der Waals surface area contributed by atoms with E-state index in [4.69, 9.17) is 10.5 Å². The Hall–Kier alpha value is -3.85. The summed E-state index contributed by atoms with van der Waals surface area (Å²) < 4.78 is 31.8. The molecule has 0 aromatic carbocycles. The lowest BCUT2D eigenvalue weighted by Gasteiger charge is -2.36. The number of nitrogens with zero attached hydrogens (tertiary/aromatic N) is 6. The highest BCUT2D eigenvalue weighted by Crippen LogP contribution is 2.78. The minimum atomic E-state index is -3.23. The van der Waals surface area contributed by atoms with Gasteiger partial charge in [-0.25, -0.2) is 12.9 Å². The van der Waals surface area contributed by atoms with E-state index in [0.29, 0.717) is 29.2 Å². The van der Waals surface area contributed by atoms with Gasteiger partial charge in [0.2, 0.25) is 21.9 Å². The molecule has 0 unspecified atom stereocenters. The van der Waals surface area contributed by atoms with Gasteiger partial charge in [0.1, 0.15) is 11.9 Å².